The Kier molecular flexibility index (Phi) is 11.5. The number of imidazole rings is 2. The Morgan fingerprint density at radius 2 is 1.46 bits per heavy atom. The van der Waals surface area contributed by atoms with Crippen molar-refractivity contribution in [2.24, 2.45) is 11.8 Å². The van der Waals surface area contributed by atoms with Crippen molar-refractivity contribution >= 4 is 45.8 Å². The van der Waals surface area contributed by atoms with Gasteiger partial charge in [-0.25, -0.2) is 19.6 Å². The number of nitrogens with one attached hydrogen (secondary N) is 5. The number of fused-ring (bicyclic) bond motifs is 3. The smallest absolute Gasteiger partial charge is 0.407 e. The summed E-state index contributed by atoms with van der Waals surface area (Å²) in [7, 11) is 2.58. The molecule has 0 spiro atoms. The molecule has 0 radical (unpaired) electrons. The minimum Gasteiger partial charge on any atom is -0.453 e. The molecule has 2 unspecified atom stereocenters. The lowest BCUT2D eigenvalue weighted by Gasteiger charge is -2.30. The van der Waals surface area contributed by atoms with Crippen LogP contribution in [0.15, 0.2) is 60.8 Å². The van der Waals surface area contributed by atoms with E-state index < -0.39 is 24.3 Å². The predicted octanol–water partition coefficient (Wildman–Crippen LogP) is 6.95. The quantitative estimate of drug-likeness (QED) is 0.0955. The summed E-state index contributed by atoms with van der Waals surface area (Å²) in [6.45, 7) is 8.18. The lowest BCUT2D eigenvalue weighted by atomic mass is 9.99. The zero-order valence-electron chi connectivity index (χ0n) is 33.3. The van der Waals surface area contributed by atoms with E-state index in [1.165, 1.54) is 14.2 Å². The second-order valence-electron chi connectivity index (χ2n) is 15.8. The van der Waals surface area contributed by atoms with E-state index >= 15 is 0 Å². The molecule has 1 aliphatic carbocycles. The molecule has 0 bridgehead atoms. The molecule has 7 rings (SSSR count). The molecular formula is C43H52N8O6. The van der Waals surface area contributed by atoms with Crippen LogP contribution in [0.1, 0.15) is 83.4 Å². The molecule has 2 fully saturated rings. The zero-order chi connectivity index (χ0) is 40.4. The van der Waals surface area contributed by atoms with E-state index in [0.29, 0.717) is 6.54 Å². The topological polar surface area (TPSA) is 183 Å². The van der Waals surface area contributed by atoms with Crippen molar-refractivity contribution in [3.63, 3.8) is 0 Å². The van der Waals surface area contributed by atoms with Gasteiger partial charge in [0.1, 0.15) is 23.7 Å². The molecule has 2 aliphatic rings. The summed E-state index contributed by atoms with van der Waals surface area (Å²) in [6.07, 6.45) is 4.88. The molecule has 4 amide bonds. The zero-order valence-corrected chi connectivity index (χ0v) is 33.3. The number of carbonyl (C=O) groups excluding carboxylic acids is 4. The van der Waals surface area contributed by atoms with Gasteiger partial charge in [-0.3, -0.25) is 9.59 Å². The van der Waals surface area contributed by atoms with Gasteiger partial charge in [-0.15, -0.1) is 0 Å². The third-order valence-electron chi connectivity index (χ3n) is 11.5. The molecule has 1 saturated carbocycles. The minimum absolute atomic E-state index is 0.0261. The first-order valence-electron chi connectivity index (χ1n) is 19.8. The van der Waals surface area contributed by atoms with Gasteiger partial charge in [0.25, 0.3) is 0 Å². The highest BCUT2D eigenvalue weighted by molar-refractivity contribution is 6.05. The number of methoxy groups -OCH3 is 2. The maximum absolute atomic E-state index is 13.6. The second-order valence-corrected chi connectivity index (χ2v) is 15.8. The van der Waals surface area contributed by atoms with Gasteiger partial charge in [-0.05, 0) is 71.7 Å². The van der Waals surface area contributed by atoms with Crippen molar-refractivity contribution in [1.82, 2.24) is 40.8 Å². The molecule has 300 valence electrons. The largest absolute Gasteiger partial charge is 0.453 e. The van der Waals surface area contributed by atoms with Crippen molar-refractivity contribution in [2.45, 2.75) is 89.9 Å². The summed E-state index contributed by atoms with van der Waals surface area (Å²) in [5, 5.41) is 10.7. The first-order chi connectivity index (χ1) is 27.4. The number of ether oxygens (including phenoxy) is 2. The lowest BCUT2D eigenvalue weighted by molar-refractivity contribution is -0.135. The van der Waals surface area contributed by atoms with Crippen LogP contribution >= 0.6 is 0 Å². The predicted molar refractivity (Wildman–Crippen MR) is 217 cm³/mol. The van der Waals surface area contributed by atoms with Gasteiger partial charge in [0.2, 0.25) is 11.8 Å². The number of benzene rings is 3. The van der Waals surface area contributed by atoms with E-state index in [4.69, 9.17) is 19.4 Å². The Bertz CT molecular complexity index is 2260. The second kappa shape index (κ2) is 16.7. The molecule has 2 aromatic heterocycles. The van der Waals surface area contributed by atoms with Crippen molar-refractivity contribution in [3.8, 4) is 22.4 Å². The summed E-state index contributed by atoms with van der Waals surface area (Å²) >= 11 is 0. The van der Waals surface area contributed by atoms with Crippen LogP contribution in [0.3, 0.4) is 0 Å². The van der Waals surface area contributed by atoms with Crippen LogP contribution in [0.25, 0.3) is 44.2 Å². The number of rotatable bonds is 11. The van der Waals surface area contributed by atoms with Crippen LogP contribution in [-0.4, -0.2) is 87.7 Å². The van der Waals surface area contributed by atoms with Gasteiger partial charge in [0, 0.05) is 23.9 Å². The van der Waals surface area contributed by atoms with Crippen LogP contribution < -0.4 is 16.0 Å². The van der Waals surface area contributed by atoms with Crippen molar-refractivity contribution in [2.75, 3.05) is 20.8 Å². The lowest BCUT2D eigenvalue weighted by Crippen LogP contribution is -2.52. The summed E-state index contributed by atoms with van der Waals surface area (Å²) in [5.74, 6) is 1.03. The highest BCUT2D eigenvalue weighted by atomic mass is 16.5. The molecule has 57 heavy (non-hydrogen) atoms. The number of hydrogen-bond donors (Lipinski definition) is 5. The summed E-state index contributed by atoms with van der Waals surface area (Å²) in [5.41, 5.74) is 5.84. The molecule has 3 heterocycles. The van der Waals surface area contributed by atoms with Crippen molar-refractivity contribution in [1.29, 1.82) is 0 Å². The Balaban J connectivity index is 1.05. The Morgan fingerprint density at radius 1 is 0.772 bits per heavy atom. The van der Waals surface area contributed by atoms with E-state index in [-0.39, 0.29) is 41.7 Å². The first kappa shape index (κ1) is 39.3. The number of H-pyrrole nitrogens is 2. The normalized spacial score (nSPS) is 19.2. The van der Waals surface area contributed by atoms with Crippen LogP contribution in [-0.2, 0) is 19.1 Å². The van der Waals surface area contributed by atoms with Gasteiger partial charge < -0.3 is 40.3 Å². The number of alkyl carbamates (subject to hydrolysis) is 2. The average molecular weight is 777 g/mol. The molecule has 5 atom stereocenters. The standard InChI is InChI=1S/C43H52N8O6/c1-23(2)35(49-42(54)56-5)40(52)47-31-10-7-9-30(31)38-45-32-19-17-28-21-27(16-18-29(28)37(32)48-38)25-12-14-26(15-13-25)33-22-44-39(46-33)34-11-8-20-51(34)41(53)36(24(3)4)50-43(55)57-6/h12-19,21-24,30-31,34-36H,7-11,20H2,1-6H3,(H,44,46)(H,45,48)(H,47,52)(H,49,54)(H,50,55)/t30?,31?,34-,35-,36-/m0/s1. The molecule has 5 aromatic rings. The SMILES string of the molecule is COC(=O)N[C@H](C(=O)NC1CCCC1c1nc2ccc3cc(-c4ccc(-c5cnc([C@@H]6CCCN6C(=O)[C@@H](NC(=O)OC)C(C)C)[nH]5)cc4)ccc3c2[nH]1)C(C)C. The number of hydrogen-bond acceptors (Lipinski definition) is 8. The summed E-state index contributed by atoms with van der Waals surface area (Å²) < 4.78 is 9.50. The fourth-order valence-corrected chi connectivity index (χ4v) is 8.33. The number of carbonyl (C=O) groups is 4. The Labute approximate surface area is 331 Å². The minimum atomic E-state index is -0.698. The van der Waals surface area contributed by atoms with Crippen LogP contribution in [0.2, 0.25) is 0 Å². The number of aromatic nitrogens is 4. The van der Waals surface area contributed by atoms with Gasteiger partial charge in [-0.2, -0.15) is 0 Å². The highest BCUT2D eigenvalue weighted by Gasteiger charge is 2.38. The average Bonchev–Trinajstić information content (AvgIpc) is 4.04. The van der Waals surface area contributed by atoms with Crippen molar-refractivity contribution in [3.05, 3.63) is 72.4 Å². The molecule has 14 heteroatoms. The van der Waals surface area contributed by atoms with E-state index in [0.717, 1.165) is 87.9 Å². The molecule has 1 aliphatic heterocycles. The summed E-state index contributed by atoms with van der Waals surface area (Å²) in [4.78, 5) is 69.2. The fourth-order valence-electron chi connectivity index (χ4n) is 8.33. The maximum Gasteiger partial charge on any atom is 0.407 e. The summed E-state index contributed by atoms with van der Waals surface area (Å²) in [6, 6.07) is 17.2. The van der Waals surface area contributed by atoms with Gasteiger partial charge in [-0.1, -0.05) is 76.6 Å². The maximum atomic E-state index is 13.6. The first-order valence-corrected chi connectivity index (χ1v) is 19.8. The van der Waals surface area contributed by atoms with Crippen LogP contribution in [0, 0.1) is 11.8 Å². The van der Waals surface area contributed by atoms with Gasteiger partial charge >= 0.3 is 12.2 Å². The molecule has 14 nitrogen and oxygen atoms in total. The Hall–Kier alpha value is -5.92. The monoisotopic (exact) mass is 776 g/mol. The number of aromatic amines is 2. The van der Waals surface area contributed by atoms with Gasteiger partial charge in [0.15, 0.2) is 0 Å². The molecule has 1 saturated heterocycles. The fraction of sp³-hybridized carbons (Fsp3) is 0.442. The number of nitrogens with zero attached hydrogens (tertiary/aromatic N) is 3. The number of amides is 4. The van der Waals surface area contributed by atoms with E-state index in [1.54, 1.807) is 0 Å². The third-order valence-corrected chi connectivity index (χ3v) is 11.5. The molecule has 3 aromatic carbocycles. The van der Waals surface area contributed by atoms with Crippen molar-refractivity contribution < 1.29 is 28.7 Å². The molecular weight excluding hydrogens is 725 g/mol. The van der Waals surface area contributed by atoms with E-state index in [2.05, 4.69) is 74.4 Å². The molecule has 5 N–H and O–H groups in total. The van der Waals surface area contributed by atoms with E-state index in [1.807, 2.05) is 44.9 Å². The van der Waals surface area contributed by atoms with Gasteiger partial charge in [0.05, 0.1) is 43.2 Å². The third kappa shape index (κ3) is 8.16. The van der Waals surface area contributed by atoms with Crippen LogP contribution in [0.4, 0.5) is 9.59 Å². The Morgan fingerprint density at radius 3 is 2.16 bits per heavy atom. The van der Waals surface area contributed by atoms with E-state index in [9.17, 15) is 19.2 Å². The highest BCUT2D eigenvalue weighted by Crippen LogP contribution is 2.37. The number of likely N-dealkylation sites (tertiary alicyclic amines) is 1. The van der Waals surface area contributed by atoms with Crippen LogP contribution in [0.5, 0.6) is 0 Å².